The Morgan fingerprint density at radius 3 is 2.58 bits per heavy atom. The largest absolute Gasteiger partial charge is 0.370 e. The van der Waals surface area contributed by atoms with Crippen molar-refractivity contribution in [2.24, 2.45) is 11.3 Å². The summed E-state index contributed by atoms with van der Waals surface area (Å²) in [7, 11) is 0. The van der Waals surface area contributed by atoms with Crippen LogP contribution in [0, 0.1) is 11.3 Å². The number of hydrogen-bond donors (Lipinski definition) is 2. The van der Waals surface area contributed by atoms with E-state index in [1.165, 1.54) is 17.0 Å². The number of anilines is 2. The van der Waals surface area contributed by atoms with Crippen molar-refractivity contribution in [3.05, 3.63) is 45.1 Å². The fourth-order valence-corrected chi connectivity index (χ4v) is 5.62. The van der Waals surface area contributed by atoms with Crippen LogP contribution in [0.15, 0.2) is 30.3 Å². The molecule has 1 aliphatic carbocycles. The average Bonchev–Trinajstić information content (AvgIpc) is 3.59. The van der Waals surface area contributed by atoms with Gasteiger partial charge in [-0.2, -0.15) is 0 Å². The van der Waals surface area contributed by atoms with Gasteiger partial charge in [0.2, 0.25) is 5.91 Å². The van der Waals surface area contributed by atoms with Gasteiger partial charge in [-0.3, -0.25) is 19.3 Å². The van der Waals surface area contributed by atoms with E-state index in [9.17, 15) is 23.2 Å². The molecule has 1 saturated heterocycles. The maximum Gasteiger partial charge on any atom is 0.265 e. The number of alkyl halides is 2. The second-order valence-electron chi connectivity index (χ2n) is 11.4. The summed E-state index contributed by atoms with van der Waals surface area (Å²) in [6.45, 7) is 7.87. The molecule has 40 heavy (non-hydrogen) atoms. The second-order valence-corrected chi connectivity index (χ2v) is 13.1. The monoisotopic (exact) mass is 596 g/mol. The predicted molar refractivity (Wildman–Crippen MR) is 152 cm³/mol. The third-order valence-corrected chi connectivity index (χ3v) is 7.92. The number of ether oxygens (including phenoxy) is 1. The minimum Gasteiger partial charge on any atom is -0.370 e. The molecule has 2 N–H and O–H groups in total. The van der Waals surface area contributed by atoms with Crippen molar-refractivity contribution in [2.75, 3.05) is 49.6 Å². The zero-order valence-electron chi connectivity index (χ0n) is 22.8. The molecule has 3 amide bonds. The van der Waals surface area contributed by atoms with Gasteiger partial charge in [0.05, 0.1) is 15.8 Å². The summed E-state index contributed by atoms with van der Waals surface area (Å²) in [6.07, 6.45) is -0.760. The lowest BCUT2D eigenvalue weighted by molar-refractivity contribution is -0.125. The second kappa shape index (κ2) is 12.9. The SMILES string of the molecule is CC(C)(C)CN(CC1CC1)[C@@H](CNC(=O)c1ccc(Cl)s1)C(=O)Nc1ccc(N2CCOCC2=O)cc1C(F)F. The first-order valence-electron chi connectivity index (χ1n) is 13.3. The molecule has 8 nitrogen and oxygen atoms in total. The van der Waals surface area contributed by atoms with E-state index in [1.54, 1.807) is 18.2 Å². The van der Waals surface area contributed by atoms with Crippen molar-refractivity contribution < 1.29 is 27.9 Å². The van der Waals surface area contributed by atoms with Gasteiger partial charge in [-0.15, -0.1) is 11.3 Å². The molecule has 2 fully saturated rings. The fourth-order valence-electron chi connectivity index (χ4n) is 4.66. The Morgan fingerprint density at radius 2 is 1.98 bits per heavy atom. The van der Waals surface area contributed by atoms with E-state index in [4.69, 9.17) is 16.3 Å². The predicted octanol–water partition coefficient (Wildman–Crippen LogP) is 5.20. The first-order chi connectivity index (χ1) is 18.9. The third kappa shape index (κ3) is 8.22. The maximum absolute atomic E-state index is 14.2. The Labute approximate surface area is 242 Å². The molecule has 12 heteroatoms. The van der Waals surface area contributed by atoms with Crippen LogP contribution in [0.3, 0.4) is 0 Å². The Balaban J connectivity index is 1.58. The van der Waals surface area contributed by atoms with Crippen LogP contribution in [-0.2, 0) is 14.3 Å². The zero-order chi connectivity index (χ0) is 29.0. The molecule has 0 unspecified atom stereocenters. The number of benzene rings is 1. The molecule has 2 heterocycles. The lowest BCUT2D eigenvalue weighted by Crippen LogP contribution is -2.53. The van der Waals surface area contributed by atoms with Crippen LogP contribution >= 0.6 is 22.9 Å². The summed E-state index contributed by atoms with van der Waals surface area (Å²) in [5, 5.41) is 5.54. The van der Waals surface area contributed by atoms with Crippen molar-refractivity contribution in [1.29, 1.82) is 0 Å². The van der Waals surface area contributed by atoms with Gasteiger partial charge >= 0.3 is 0 Å². The van der Waals surface area contributed by atoms with Gasteiger partial charge in [0, 0.05) is 43.1 Å². The van der Waals surface area contributed by atoms with Crippen LogP contribution in [-0.4, -0.2) is 68.1 Å². The van der Waals surface area contributed by atoms with Gasteiger partial charge in [0.1, 0.15) is 12.6 Å². The van der Waals surface area contributed by atoms with Crippen LogP contribution in [0.1, 0.15) is 55.3 Å². The van der Waals surface area contributed by atoms with Gasteiger partial charge in [-0.1, -0.05) is 32.4 Å². The number of rotatable bonds is 11. The maximum atomic E-state index is 14.2. The number of halogens is 3. The lowest BCUT2D eigenvalue weighted by atomic mass is 9.94. The number of hydrogen-bond acceptors (Lipinski definition) is 6. The van der Waals surface area contributed by atoms with Gasteiger partial charge < -0.3 is 20.3 Å². The first-order valence-corrected chi connectivity index (χ1v) is 14.5. The molecule has 1 aromatic carbocycles. The van der Waals surface area contributed by atoms with Crippen LogP contribution in [0.5, 0.6) is 0 Å². The Morgan fingerprint density at radius 1 is 1.23 bits per heavy atom. The van der Waals surface area contributed by atoms with Crippen LogP contribution in [0.2, 0.25) is 4.34 Å². The molecule has 218 valence electrons. The van der Waals surface area contributed by atoms with Gasteiger partial charge in [0.15, 0.2) is 0 Å². The zero-order valence-corrected chi connectivity index (χ0v) is 24.4. The summed E-state index contributed by atoms with van der Waals surface area (Å²) in [5.74, 6) is -0.716. The topological polar surface area (TPSA) is 91.0 Å². The van der Waals surface area contributed by atoms with E-state index in [1.807, 2.05) is 4.90 Å². The van der Waals surface area contributed by atoms with Gasteiger partial charge in [0.25, 0.3) is 18.2 Å². The Bertz CT molecular complexity index is 1230. The molecule has 1 atom stereocenters. The Hall–Kier alpha value is -2.60. The first kappa shape index (κ1) is 30.4. The molecular weight excluding hydrogens is 562 g/mol. The fraction of sp³-hybridized carbons (Fsp3) is 0.536. The summed E-state index contributed by atoms with van der Waals surface area (Å²) < 4.78 is 34.0. The molecule has 0 radical (unpaired) electrons. The van der Waals surface area contributed by atoms with Crippen molar-refractivity contribution in [1.82, 2.24) is 10.2 Å². The average molecular weight is 597 g/mol. The van der Waals surface area contributed by atoms with E-state index in [-0.39, 0.29) is 48.2 Å². The summed E-state index contributed by atoms with van der Waals surface area (Å²) in [5.41, 5.74) is -0.249. The molecule has 2 aromatic rings. The van der Waals surface area contributed by atoms with Gasteiger partial charge in [-0.25, -0.2) is 8.78 Å². The lowest BCUT2D eigenvalue weighted by Gasteiger charge is -2.36. The van der Waals surface area contributed by atoms with Crippen LogP contribution in [0.25, 0.3) is 0 Å². The third-order valence-electron chi connectivity index (χ3n) is 6.69. The quantitative estimate of drug-likeness (QED) is 0.372. The van der Waals surface area contributed by atoms with E-state index < -0.39 is 18.4 Å². The highest BCUT2D eigenvalue weighted by atomic mass is 35.5. The number of morpholine rings is 1. The molecule has 2 aliphatic rings. The molecule has 1 aliphatic heterocycles. The highest BCUT2D eigenvalue weighted by Gasteiger charge is 2.35. The number of amides is 3. The van der Waals surface area contributed by atoms with E-state index in [2.05, 4.69) is 31.4 Å². The van der Waals surface area contributed by atoms with Crippen LogP contribution < -0.4 is 15.5 Å². The minimum atomic E-state index is -2.88. The normalized spacial score (nSPS) is 16.9. The molecule has 1 saturated carbocycles. The van der Waals surface area contributed by atoms with Crippen molar-refractivity contribution in [3.8, 4) is 0 Å². The van der Waals surface area contributed by atoms with Crippen molar-refractivity contribution in [2.45, 2.75) is 46.1 Å². The van der Waals surface area contributed by atoms with E-state index in [0.29, 0.717) is 40.5 Å². The highest BCUT2D eigenvalue weighted by Crippen LogP contribution is 2.34. The van der Waals surface area contributed by atoms with Crippen LogP contribution in [0.4, 0.5) is 20.2 Å². The smallest absolute Gasteiger partial charge is 0.265 e. The van der Waals surface area contributed by atoms with Crippen molar-refractivity contribution >= 4 is 52.0 Å². The number of carbonyl (C=O) groups is 3. The number of nitrogens with zero attached hydrogens (tertiary/aromatic N) is 2. The van der Waals surface area contributed by atoms with Crippen molar-refractivity contribution in [3.63, 3.8) is 0 Å². The summed E-state index contributed by atoms with van der Waals surface area (Å²) >= 11 is 7.12. The van der Waals surface area contributed by atoms with E-state index >= 15 is 0 Å². The molecule has 1 aromatic heterocycles. The molecular formula is C28H35ClF2N4O4S. The van der Waals surface area contributed by atoms with E-state index in [0.717, 1.165) is 24.2 Å². The Kier molecular flexibility index (Phi) is 9.81. The highest BCUT2D eigenvalue weighted by molar-refractivity contribution is 7.18. The molecule has 0 bridgehead atoms. The molecule has 0 spiro atoms. The summed E-state index contributed by atoms with van der Waals surface area (Å²) in [4.78, 5) is 42.6. The number of nitrogens with one attached hydrogen (secondary N) is 2. The summed E-state index contributed by atoms with van der Waals surface area (Å²) in [6, 6.07) is 6.62. The molecule has 4 rings (SSSR count). The standard InChI is InChI=1S/C28H35ClF2N4O4S/c1-28(2,3)16-34(14-17-4-5-17)21(13-32-27(38)22-8-9-23(29)40-22)26(37)33-20-7-6-18(12-19(20)25(30)31)35-10-11-39-15-24(35)36/h6-9,12,17,21,25H,4-5,10-11,13-16H2,1-3H3,(H,32,38)(H,33,37)/t21-/m0/s1. The van der Waals surface area contributed by atoms with Gasteiger partial charge in [-0.05, 0) is 54.5 Å². The number of carbonyl (C=O) groups excluding carboxylic acids is 3. The number of thiophene rings is 1. The minimum absolute atomic E-state index is 0.00659.